The zero-order valence-electron chi connectivity index (χ0n) is 8.55. The summed E-state index contributed by atoms with van der Waals surface area (Å²) in [5, 5.41) is 0.470. The molecular weight excluding hydrogens is 319 g/mol. The van der Waals surface area contributed by atoms with Crippen LogP contribution in [0.1, 0.15) is 16.8 Å². The highest BCUT2D eigenvalue weighted by Gasteiger charge is 2.30. The Morgan fingerprint density at radius 1 is 1.41 bits per heavy atom. The minimum absolute atomic E-state index is 0.0164. The second-order valence-corrected chi connectivity index (χ2v) is 5.06. The maximum atomic E-state index is 12.2. The van der Waals surface area contributed by atoms with E-state index in [1.165, 1.54) is 18.2 Å². The number of nitrogens with two attached hydrogens (primary N) is 1. The molecule has 0 aliphatic rings. The molecule has 17 heavy (non-hydrogen) atoms. The zero-order chi connectivity index (χ0) is 13.1. The topological polar surface area (TPSA) is 43.1 Å². The van der Waals surface area contributed by atoms with Crippen LogP contribution in [0.15, 0.2) is 23.1 Å². The van der Waals surface area contributed by atoms with Crippen molar-refractivity contribution in [2.24, 2.45) is 0 Å². The van der Waals surface area contributed by atoms with Gasteiger partial charge in [-0.05, 0) is 30.0 Å². The van der Waals surface area contributed by atoms with Gasteiger partial charge in [0.1, 0.15) is 0 Å². The second-order valence-electron chi connectivity index (χ2n) is 3.16. The summed E-state index contributed by atoms with van der Waals surface area (Å²) in [6.45, 7) is 0. The Morgan fingerprint density at radius 2 is 2.06 bits per heavy atom. The van der Waals surface area contributed by atoms with E-state index in [-0.39, 0.29) is 40.1 Å². The Kier molecular flexibility index (Phi) is 4.88. The number of alkyl halides is 4. The van der Waals surface area contributed by atoms with E-state index in [2.05, 4.69) is 15.9 Å². The Bertz CT molecular complexity index is 423. The fourth-order valence-corrected chi connectivity index (χ4v) is 2.13. The maximum Gasteiger partial charge on any atom is 0.446 e. The molecule has 0 bridgehead atoms. The summed E-state index contributed by atoms with van der Waals surface area (Å²) < 4.78 is 36.7. The number of anilines is 1. The van der Waals surface area contributed by atoms with Crippen LogP contribution in [0.4, 0.5) is 18.9 Å². The SMILES string of the molecule is Nc1ccc(C(=O)CCBr)cc1SC(F)(F)F. The summed E-state index contributed by atoms with van der Waals surface area (Å²) in [5.74, 6) is -0.217. The van der Waals surface area contributed by atoms with Crippen molar-refractivity contribution < 1.29 is 18.0 Å². The van der Waals surface area contributed by atoms with Gasteiger partial charge in [0, 0.05) is 27.9 Å². The normalized spacial score (nSPS) is 11.5. The van der Waals surface area contributed by atoms with Crippen molar-refractivity contribution >= 4 is 39.2 Å². The Balaban J connectivity index is 2.98. The average molecular weight is 328 g/mol. The predicted octanol–water partition coefficient (Wildman–Crippen LogP) is 3.85. The van der Waals surface area contributed by atoms with Crippen molar-refractivity contribution in [1.29, 1.82) is 0 Å². The lowest BCUT2D eigenvalue weighted by Gasteiger charge is -2.09. The molecule has 0 saturated carbocycles. The predicted molar refractivity (Wildman–Crippen MR) is 65.5 cm³/mol. The second kappa shape index (κ2) is 5.77. The van der Waals surface area contributed by atoms with Gasteiger partial charge >= 0.3 is 5.51 Å². The molecule has 1 aromatic rings. The molecule has 0 saturated heterocycles. The van der Waals surface area contributed by atoms with Crippen LogP contribution in [0.25, 0.3) is 0 Å². The Hall–Kier alpha value is -0.690. The fourth-order valence-electron chi connectivity index (χ4n) is 1.15. The molecule has 2 nitrogen and oxygen atoms in total. The number of thioether (sulfide) groups is 1. The maximum absolute atomic E-state index is 12.2. The molecule has 0 fully saturated rings. The number of rotatable bonds is 4. The molecule has 0 aliphatic heterocycles. The van der Waals surface area contributed by atoms with Crippen molar-refractivity contribution in [2.75, 3.05) is 11.1 Å². The van der Waals surface area contributed by atoms with E-state index in [1.54, 1.807) is 0 Å². The third kappa shape index (κ3) is 4.59. The molecular formula is C10H9BrF3NOS. The number of ketones is 1. The lowest BCUT2D eigenvalue weighted by molar-refractivity contribution is -0.0328. The fraction of sp³-hybridized carbons (Fsp3) is 0.300. The van der Waals surface area contributed by atoms with Gasteiger partial charge in [0.15, 0.2) is 5.78 Å². The average Bonchev–Trinajstić information content (AvgIpc) is 2.19. The van der Waals surface area contributed by atoms with Gasteiger partial charge in [0.05, 0.1) is 0 Å². The van der Waals surface area contributed by atoms with E-state index in [4.69, 9.17) is 5.73 Å². The number of hydrogen-bond acceptors (Lipinski definition) is 3. The Labute approximate surface area is 109 Å². The van der Waals surface area contributed by atoms with Gasteiger partial charge in [-0.15, -0.1) is 0 Å². The summed E-state index contributed by atoms with van der Waals surface area (Å²) in [6, 6.07) is 3.93. The summed E-state index contributed by atoms with van der Waals surface area (Å²) >= 11 is 2.79. The van der Waals surface area contributed by atoms with E-state index in [0.717, 1.165) is 0 Å². The molecule has 0 spiro atoms. The number of halogens is 4. The van der Waals surface area contributed by atoms with Crippen molar-refractivity contribution in [3.05, 3.63) is 23.8 Å². The monoisotopic (exact) mass is 327 g/mol. The van der Waals surface area contributed by atoms with Gasteiger partial charge in [-0.1, -0.05) is 15.9 Å². The van der Waals surface area contributed by atoms with Crippen LogP contribution < -0.4 is 5.73 Å². The molecule has 0 radical (unpaired) electrons. The molecule has 0 unspecified atom stereocenters. The van der Waals surface area contributed by atoms with Gasteiger partial charge in [-0.25, -0.2) is 0 Å². The van der Waals surface area contributed by atoms with Crippen LogP contribution in [-0.2, 0) is 0 Å². The lowest BCUT2D eigenvalue weighted by atomic mass is 10.1. The van der Waals surface area contributed by atoms with Crippen LogP contribution >= 0.6 is 27.7 Å². The molecule has 2 N–H and O–H groups in total. The van der Waals surface area contributed by atoms with Gasteiger partial charge in [-0.3, -0.25) is 4.79 Å². The van der Waals surface area contributed by atoms with E-state index in [0.29, 0.717) is 5.33 Å². The first-order valence-electron chi connectivity index (χ1n) is 4.58. The molecule has 1 rings (SSSR count). The first-order chi connectivity index (χ1) is 7.83. The van der Waals surface area contributed by atoms with Crippen LogP contribution in [0.2, 0.25) is 0 Å². The van der Waals surface area contributed by atoms with Gasteiger partial charge in [0.25, 0.3) is 0 Å². The standard InChI is InChI=1S/C10H9BrF3NOS/c11-4-3-8(16)6-1-2-7(15)9(5-6)17-10(12,13)14/h1-2,5H,3-4,15H2. The van der Waals surface area contributed by atoms with Gasteiger partial charge < -0.3 is 5.73 Å². The van der Waals surface area contributed by atoms with Crippen LogP contribution in [0.3, 0.4) is 0 Å². The molecule has 0 heterocycles. The van der Waals surface area contributed by atoms with E-state index in [9.17, 15) is 18.0 Å². The minimum Gasteiger partial charge on any atom is -0.398 e. The number of benzene rings is 1. The van der Waals surface area contributed by atoms with Crippen LogP contribution in [0.5, 0.6) is 0 Å². The van der Waals surface area contributed by atoms with Crippen molar-refractivity contribution in [1.82, 2.24) is 0 Å². The number of carbonyl (C=O) groups excluding carboxylic acids is 1. The first-order valence-corrected chi connectivity index (χ1v) is 6.51. The Morgan fingerprint density at radius 3 is 2.59 bits per heavy atom. The van der Waals surface area contributed by atoms with E-state index < -0.39 is 5.51 Å². The van der Waals surface area contributed by atoms with Gasteiger partial charge in [-0.2, -0.15) is 13.2 Å². The number of hydrogen-bond donors (Lipinski definition) is 1. The summed E-state index contributed by atoms with van der Waals surface area (Å²) in [7, 11) is 0. The zero-order valence-corrected chi connectivity index (χ0v) is 11.0. The quantitative estimate of drug-likeness (QED) is 0.395. The smallest absolute Gasteiger partial charge is 0.398 e. The lowest BCUT2D eigenvalue weighted by Crippen LogP contribution is -2.04. The minimum atomic E-state index is -4.41. The molecule has 0 aromatic heterocycles. The van der Waals surface area contributed by atoms with Crippen molar-refractivity contribution in [3.8, 4) is 0 Å². The molecule has 0 amide bonds. The summed E-state index contributed by atoms with van der Waals surface area (Å²) in [6.07, 6.45) is 0.236. The third-order valence-electron chi connectivity index (χ3n) is 1.88. The largest absolute Gasteiger partial charge is 0.446 e. The van der Waals surface area contributed by atoms with Crippen LogP contribution in [-0.4, -0.2) is 16.6 Å². The summed E-state index contributed by atoms with van der Waals surface area (Å²) in [4.78, 5) is 11.4. The van der Waals surface area contributed by atoms with E-state index >= 15 is 0 Å². The molecule has 0 atom stereocenters. The molecule has 1 aromatic carbocycles. The number of carbonyl (C=O) groups is 1. The molecule has 94 valence electrons. The van der Waals surface area contributed by atoms with Crippen molar-refractivity contribution in [3.63, 3.8) is 0 Å². The first kappa shape index (κ1) is 14.4. The van der Waals surface area contributed by atoms with Crippen molar-refractivity contribution in [2.45, 2.75) is 16.8 Å². The van der Waals surface area contributed by atoms with Gasteiger partial charge in [0.2, 0.25) is 0 Å². The number of nitrogen functional groups attached to an aromatic ring is 1. The third-order valence-corrected chi connectivity index (χ3v) is 3.08. The number of Topliss-reactive ketones (excluding diaryl/α,β-unsaturated/α-hetero) is 1. The highest BCUT2D eigenvalue weighted by atomic mass is 79.9. The molecule has 7 heteroatoms. The highest BCUT2D eigenvalue weighted by Crippen LogP contribution is 2.39. The molecule has 0 aliphatic carbocycles. The van der Waals surface area contributed by atoms with Crippen LogP contribution in [0, 0.1) is 0 Å². The highest BCUT2D eigenvalue weighted by molar-refractivity contribution is 9.09. The van der Waals surface area contributed by atoms with E-state index in [1.807, 2.05) is 0 Å². The summed E-state index contributed by atoms with van der Waals surface area (Å²) in [5.41, 5.74) is 1.28.